The number of carbonyl (C=O) groups is 2. The normalized spacial score (nSPS) is 46.2. The van der Waals surface area contributed by atoms with Gasteiger partial charge in [0, 0.05) is 35.1 Å². The number of aliphatic hydroxyl groups is 1. The number of hydrogen-bond donors (Lipinski definition) is 1. The summed E-state index contributed by atoms with van der Waals surface area (Å²) in [4.78, 5) is 30.7. The summed E-state index contributed by atoms with van der Waals surface area (Å²) < 4.78 is 15.6. The molecule has 2 heterocycles. The lowest BCUT2D eigenvalue weighted by molar-refractivity contribution is -0.208. The molecule has 1 N–H and O–H groups in total. The molecule has 1 aromatic rings. The third-order valence-corrected chi connectivity index (χ3v) is 11.6. The maximum atomic E-state index is 14.4. The van der Waals surface area contributed by atoms with E-state index in [1.54, 1.807) is 24.7 Å². The predicted molar refractivity (Wildman–Crippen MR) is 140 cm³/mol. The molecule has 7 heteroatoms. The highest BCUT2D eigenvalue weighted by Crippen LogP contribution is 2.70. The standard InChI is InChI=1S/C31H40N2O5/c1-29-11-10-21(34)14-20(29)8-9-22-23-15-26-31(25(36)17-33-13-12-32-18-33,30(23,2)16-24(35)27(22)29)38-28(37-26)19-6-4-3-5-7-19/h10-14,18-19,22-24,26-28,35H,3-9,15-17H2,1-2H3/t22-,23-,24-,26+,27+,28+,29-,30-,31+/m0/s1. The Hall–Kier alpha value is -2.09. The molecule has 7 nitrogen and oxygen atoms in total. The van der Waals surface area contributed by atoms with Crippen LogP contribution in [0.4, 0.5) is 0 Å². The van der Waals surface area contributed by atoms with Crippen LogP contribution in [0.25, 0.3) is 0 Å². The fraction of sp³-hybridized carbons (Fsp3) is 0.710. The Morgan fingerprint density at radius 3 is 2.79 bits per heavy atom. The zero-order valence-electron chi connectivity index (χ0n) is 22.6. The Morgan fingerprint density at radius 2 is 2.03 bits per heavy atom. The third-order valence-electron chi connectivity index (χ3n) is 11.6. The number of allylic oxidation sites excluding steroid dienone is 4. The van der Waals surface area contributed by atoms with Crippen LogP contribution < -0.4 is 0 Å². The molecule has 4 saturated carbocycles. The fourth-order valence-electron chi connectivity index (χ4n) is 9.87. The van der Waals surface area contributed by atoms with Gasteiger partial charge in [0.1, 0.15) is 0 Å². The molecule has 0 unspecified atom stereocenters. The van der Waals surface area contributed by atoms with Crippen molar-refractivity contribution in [3.05, 3.63) is 42.5 Å². The molecular formula is C31H40N2O5. The van der Waals surface area contributed by atoms with Gasteiger partial charge in [0.15, 0.2) is 23.5 Å². The van der Waals surface area contributed by atoms with Crippen molar-refractivity contribution in [1.29, 1.82) is 0 Å². The molecular weight excluding hydrogens is 480 g/mol. The van der Waals surface area contributed by atoms with Crippen molar-refractivity contribution in [3.8, 4) is 0 Å². The minimum atomic E-state index is -1.08. The minimum absolute atomic E-state index is 0.0127. The van der Waals surface area contributed by atoms with E-state index in [0.717, 1.165) is 37.7 Å². The Morgan fingerprint density at radius 1 is 1.21 bits per heavy atom. The number of hydrogen-bond acceptors (Lipinski definition) is 6. The van der Waals surface area contributed by atoms with Gasteiger partial charge in [-0.1, -0.05) is 44.8 Å². The Balaban J connectivity index is 1.27. The minimum Gasteiger partial charge on any atom is -0.393 e. The van der Waals surface area contributed by atoms with E-state index >= 15 is 0 Å². The second kappa shape index (κ2) is 8.70. The van der Waals surface area contributed by atoms with Gasteiger partial charge in [0.05, 0.1) is 25.1 Å². The van der Waals surface area contributed by atoms with Crippen LogP contribution in [0.5, 0.6) is 0 Å². The fourth-order valence-corrected chi connectivity index (χ4v) is 9.87. The van der Waals surface area contributed by atoms with Crippen LogP contribution in [0.15, 0.2) is 42.5 Å². The van der Waals surface area contributed by atoms with Gasteiger partial charge in [-0.15, -0.1) is 0 Å². The van der Waals surface area contributed by atoms with Gasteiger partial charge in [0.25, 0.3) is 0 Å². The molecule has 0 spiro atoms. The predicted octanol–water partition coefficient (Wildman–Crippen LogP) is 4.40. The van der Waals surface area contributed by atoms with Crippen molar-refractivity contribution in [2.75, 3.05) is 0 Å². The van der Waals surface area contributed by atoms with Gasteiger partial charge < -0.3 is 19.1 Å². The maximum absolute atomic E-state index is 14.4. The van der Waals surface area contributed by atoms with Crippen LogP contribution in [-0.2, 0) is 25.6 Å². The SMILES string of the molecule is C[C@]12C=CC(=O)C=C1CC[C@@H]1[C@@H]2[C@@H](O)C[C@@]2(C)[C@H]1C[C@H]1O[C@@H](C3CCCCC3)O[C@]12C(=O)Cn1ccnc1. The number of ketones is 2. The van der Waals surface area contributed by atoms with E-state index in [1.165, 1.54) is 19.3 Å². The number of aliphatic hydroxyl groups excluding tert-OH is 1. The Bertz CT molecular complexity index is 1180. The number of rotatable bonds is 4. The Kier molecular flexibility index (Phi) is 5.71. The highest BCUT2D eigenvalue weighted by atomic mass is 16.7. The molecule has 1 aromatic heterocycles. The highest BCUT2D eigenvalue weighted by molar-refractivity contribution is 6.01. The summed E-state index contributed by atoms with van der Waals surface area (Å²) >= 11 is 0. The van der Waals surface area contributed by atoms with E-state index in [9.17, 15) is 14.7 Å². The number of carbonyl (C=O) groups excluding carboxylic acids is 2. The van der Waals surface area contributed by atoms with Crippen molar-refractivity contribution in [1.82, 2.24) is 9.55 Å². The summed E-state index contributed by atoms with van der Waals surface area (Å²) in [6, 6.07) is 0. The molecule has 5 aliphatic carbocycles. The van der Waals surface area contributed by atoms with Crippen LogP contribution in [0.1, 0.15) is 71.6 Å². The average molecular weight is 521 g/mol. The largest absolute Gasteiger partial charge is 0.393 e. The average Bonchev–Trinajstić information content (AvgIpc) is 3.60. The molecule has 5 fully saturated rings. The van der Waals surface area contributed by atoms with Crippen LogP contribution >= 0.6 is 0 Å². The summed E-state index contributed by atoms with van der Waals surface area (Å²) in [6.07, 6.45) is 18.3. The zero-order valence-corrected chi connectivity index (χ0v) is 22.6. The van der Waals surface area contributed by atoms with Gasteiger partial charge >= 0.3 is 0 Å². The molecule has 7 rings (SSSR count). The van der Waals surface area contributed by atoms with Gasteiger partial charge in [-0.3, -0.25) is 9.59 Å². The van der Waals surface area contributed by atoms with Crippen molar-refractivity contribution in [3.63, 3.8) is 0 Å². The van der Waals surface area contributed by atoms with Crippen LogP contribution in [-0.4, -0.2) is 50.3 Å². The lowest BCUT2D eigenvalue weighted by atomic mass is 9.46. The number of aromatic nitrogens is 2. The number of nitrogens with zero attached hydrogens (tertiary/aromatic N) is 2. The second-order valence-electron chi connectivity index (χ2n) is 13.4. The lowest BCUT2D eigenvalue weighted by Gasteiger charge is -2.59. The molecule has 38 heavy (non-hydrogen) atoms. The second-order valence-corrected chi connectivity index (χ2v) is 13.4. The van der Waals surface area contributed by atoms with Crippen molar-refractivity contribution in [2.45, 2.75) is 102 Å². The molecule has 0 radical (unpaired) electrons. The first-order chi connectivity index (χ1) is 18.3. The monoisotopic (exact) mass is 520 g/mol. The van der Waals surface area contributed by atoms with Crippen LogP contribution in [0.3, 0.4) is 0 Å². The van der Waals surface area contributed by atoms with E-state index in [0.29, 0.717) is 12.3 Å². The summed E-state index contributed by atoms with van der Waals surface area (Å²) in [5.41, 5.74) is -0.811. The molecule has 1 aliphatic heterocycles. The summed E-state index contributed by atoms with van der Waals surface area (Å²) in [5, 5.41) is 11.9. The van der Waals surface area contributed by atoms with E-state index in [2.05, 4.69) is 18.8 Å². The zero-order chi connectivity index (χ0) is 26.3. The van der Waals surface area contributed by atoms with Gasteiger partial charge in [-0.05, 0) is 62.5 Å². The number of fused-ring (bicyclic) bond motifs is 7. The number of ether oxygens (including phenoxy) is 2. The van der Waals surface area contributed by atoms with E-state index in [1.807, 2.05) is 16.8 Å². The first-order valence-electron chi connectivity index (χ1n) is 14.7. The number of imidazole rings is 1. The van der Waals surface area contributed by atoms with E-state index < -0.39 is 17.1 Å². The smallest absolute Gasteiger partial charge is 0.187 e. The summed E-state index contributed by atoms with van der Waals surface area (Å²) in [6.45, 7) is 4.58. The highest BCUT2D eigenvalue weighted by Gasteiger charge is 2.76. The molecule has 204 valence electrons. The van der Waals surface area contributed by atoms with Crippen LogP contribution in [0.2, 0.25) is 0 Å². The quantitative estimate of drug-likeness (QED) is 0.633. The van der Waals surface area contributed by atoms with Crippen molar-refractivity contribution >= 4 is 11.6 Å². The van der Waals surface area contributed by atoms with Gasteiger partial charge in [-0.25, -0.2) is 4.98 Å². The van der Waals surface area contributed by atoms with Crippen LogP contribution in [0, 0.1) is 34.5 Å². The number of Topliss-reactive ketones (excluding diaryl/α,β-unsaturated/α-hetero) is 1. The molecule has 0 bridgehead atoms. The molecule has 0 amide bonds. The molecule has 6 aliphatic rings. The third kappa shape index (κ3) is 3.34. The van der Waals surface area contributed by atoms with E-state index in [4.69, 9.17) is 9.47 Å². The van der Waals surface area contributed by atoms with Gasteiger partial charge in [-0.2, -0.15) is 0 Å². The summed E-state index contributed by atoms with van der Waals surface area (Å²) in [5.74, 6) is 0.846. The maximum Gasteiger partial charge on any atom is 0.187 e. The molecule has 0 aromatic carbocycles. The summed E-state index contributed by atoms with van der Waals surface area (Å²) in [7, 11) is 0. The first kappa shape index (κ1) is 24.9. The Labute approximate surface area is 224 Å². The first-order valence-corrected chi connectivity index (χ1v) is 14.7. The topological polar surface area (TPSA) is 90.7 Å². The van der Waals surface area contributed by atoms with E-state index in [-0.39, 0.29) is 53.7 Å². The van der Waals surface area contributed by atoms with Crippen molar-refractivity contribution < 1.29 is 24.2 Å². The lowest BCUT2D eigenvalue weighted by Crippen LogP contribution is -2.63. The van der Waals surface area contributed by atoms with Crippen molar-refractivity contribution in [2.24, 2.45) is 34.5 Å². The van der Waals surface area contributed by atoms with Gasteiger partial charge in [0.2, 0.25) is 0 Å². The molecule has 1 saturated heterocycles. The molecule has 9 atom stereocenters.